The van der Waals surface area contributed by atoms with Gasteiger partial charge in [0, 0.05) is 16.0 Å². The van der Waals surface area contributed by atoms with Gasteiger partial charge in [0.15, 0.2) is 0 Å². The van der Waals surface area contributed by atoms with Gasteiger partial charge in [-0.3, -0.25) is 9.59 Å². The zero-order valence-electron chi connectivity index (χ0n) is 14.3. The molecule has 0 atom stereocenters. The zero-order chi connectivity index (χ0) is 20.1. The molecule has 3 rings (SSSR count). The lowest BCUT2D eigenvalue weighted by Gasteiger charge is -2.09. The van der Waals surface area contributed by atoms with Gasteiger partial charge < -0.3 is 10.1 Å². The topological polar surface area (TPSA) is 55.4 Å². The van der Waals surface area contributed by atoms with Gasteiger partial charge in [-0.05, 0) is 36.4 Å². The smallest absolute Gasteiger partial charge is 0.406 e. The van der Waals surface area contributed by atoms with E-state index in [2.05, 4.69) is 10.1 Å². The molecule has 1 amide bonds. The normalized spacial score (nSPS) is 11.1. The standard InChI is InChI=1S/C20H14F3NO3S/c21-20(22,23)27-15-8-6-14(7-9-15)19(26)24-12-16-10-11-17(28-16)18(25)13-4-2-1-3-5-13/h1-11H,12H2,(H,24,26). The number of carbonyl (C=O) groups is 2. The minimum absolute atomic E-state index is 0.0940. The number of rotatable bonds is 6. The van der Waals surface area contributed by atoms with Crippen molar-refractivity contribution in [2.24, 2.45) is 0 Å². The summed E-state index contributed by atoms with van der Waals surface area (Å²) in [6, 6.07) is 16.9. The molecule has 3 aromatic rings. The van der Waals surface area contributed by atoms with Crippen LogP contribution in [-0.4, -0.2) is 18.1 Å². The Bertz CT molecular complexity index is 966. The van der Waals surface area contributed by atoms with Gasteiger partial charge >= 0.3 is 6.36 Å². The Balaban J connectivity index is 1.58. The third-order valence-corrected chi connectivity index (χ3v) is 4.78. The Morgan fingerprint density at radius 1 is 0.893 bits per heavy atom. The second-order valence-corrected chi connectivity index (χ2v) is 6.88. The molecule has 144 valence electrons. The van der Waals surface area contributed by atoms with Gasteiger partial charge in [0.1, 0.15) is 5.75 Å². The van der Waals surface area contributed by atoms with E-state index < -0.39 is 18.0 Å². The van der Waals surface area contributed by atoms with Crippen molar-refractivity contribution in [3.05, 3.63) is 87.6 Å². The molecule has 1 N–H and O–H groups in total. The van der Waals surface area contributed by atoms with Crippen LogP contribution >= 0.6 is 11.3 Å². The second kappa shape index (κ2) is 8.26. The highest BCUT2D eigenvalue weighted by molar-refractivity contribution is 7.14. The third-order valence-electron chi connectivity index (χ3n) is 3.69. The van der Waals surface area contributed by atoms with Gasteiger partial charge in [-0.25, -0.2) is 0 Å². The van der Waals surface area contributed by atoms with Crippen LogP contribution in [0.25, 0.3) is 0 Å². The molecule has 2 aromatic carbocycles. The summed E-state index contributed by atoms with van der Waals surface area (Å²) in [6.07, 6.45) is -4.78. The molecule has 4 nitrogen and oxygen atoms in total. The van der Waals surface area contributed by atoms with Crippen LogP contribution < -0.4 is 10.1 Å². The number of amides is 1. The van der Waals surface area contributed by atoms with Crippen LogP contribution in [0.5, 0.6) is 5.75 Å². The Kier molecular flexibility index (Phi) is 5.79. The van der Waals surface area contributed by atoms with Crippen LogP contribution in [0, 0.1) is 0 Å². The third kappa shape index (κ3) is 5.20. The summed E-state index contributed by atoms with van der Waals surface area (Å²) in [5.74, 6) is -0.933. The molecule has 0 unspecified atom stereocenters. The number of hydrogen-bond acceptors (Lipinski definition) is 4. The van der Waals surface area contributed by atoms with E-state index in [1.54, 1.807) is 36.4 Å². The van der Waals surface area contributed by atoms with E-state index in [9.17, 15) is 22.8 Å². The summed E-state index contributed by atoms with van der Waals surface area (Å²) in [5, 5.41) is 2.67. The highest BCUT2D eigenvalue weighted by Gasteiger charge is 2.31. The van der Waals surface area contributed by atoms with E-state index in [1.807, 2.05) is 6.07 Å². The number of nitrogens with one attached hydrogen (secondary N) is 1. The molecule has 8 heteroatoms. The van der Waals surface area contributed by atoms with Crippen molar-refractivity contribution in [2.45, 2.75) is 12.9 Å². The first kappa shape index (κ1) is 19.6. The lowest BCUT2D eigenvalue weighted by molar-refractivity contribution is -0.274. The van der Waals surface area contributed by atoms with Crippen LogP contribution in [-0.2, 0) is 6.54 Å². The Morgan fingerprint density at radius 2 is 1.57 bits per heavy atom. The molecule has 28 heavy (non-hydrogen) atoms. The van der Waals surface area contributed by atoms with Gasteiger partial charge in [0.25, 0.3) is 5.91 Å². The molecular formula is C20H14F3NO3S. The minimum Gasteiger partial charge on any atom is -0.406 e. The number of ether oxygens (including phenoxy) is 1. The number of alkyl halides is 3. The number of hydrogen-bond donors (Lipinski definition) is 1. The van der Waals surface area contributed by atoms with Crippen molar-refractivity contribution in [1.82, 2.24) is 5.32 Å². The maximum atomic E-state index is 12.4. The largest absolute Gasteiger partial charge is 0.573 e. The van der Waals surface area contributed by atoms with Crippen molar-refractivity contribution in [2.75, 3.05) is 0 Å². The van der Waals surface area contributed by atoms with Crippen molar-refractivity contribution in [1.29, 1.82) is 0 Å². The molecule has 0 spiro atoms. The van der Waals surface area contributed by atoms with Crippen molar-refractivity contribution < 1.29 is 27.5 Å². The molecule has 1 heterocycles. The van der Waals surface area contributed by atoms with Crippen molar-refractivity contribution >= 4 is 23.0 Å². The molecule has 0 aliphatic rings. The molecule has 0 aliphatic carbocycles. The number of carbonyl (C=O) groups excluding carboxylic acids is 2. The molecular weight excluding hydrogens is 391 g/mol. The SMILES string of the molecule is O=C(NCc1ccc(C(=O)c2ccccc2)s1)c1ccc(OC(F)(F)F)cc1. The maximum absolute atomic E-state index is 12.4. The minimum atomic E-state index is -4.78. The fourth-order valence-corrected chi connectivity index (χ4v) is 3.31. The first-order valence-electron chi connectivity index (χ1n) is 8.14. The number of benzene rings is 2. The van der Waals surface area contributed by atoms with E-state index >= 15 is 0 Å². The van der Waals surface area contributed by atoms with E-state index in [4.69, 9.17) is 0 Å². The zero-order valence-corrected chi connectivity index (χ0v) is 15.1. The van der Waals surface area contributed by atoms with Crippen LogP contribution in [0.1, 0.15) is 30.5 Å². The summed E-state index contributed by atoms with van der Waals surface area (Å²) in [6.45, 7) is 0.201. The fourth-order valence-electron chi connectivity index (χ4n) is 2.40. The lowest BCUT2D eigenvalue weighted by Crippen LogP contribution is -2.22. The molecule has 0 saturated carbocycles. The fraction of sp³-hybridized carbons (Fsp3) is 0.100. The van der Waals surface area contributed by atoms with Crippen LogP contribution in [0.2, 0.25) is 0 Å². The van der Waals surface area contributed by atoms with E-state index in [-0.39, 0.29) is 17.9 Å². The molecule has 0 fully saturated rings. The van der Waals surface area contributed by atoms with Gasteiger partial charge in [0.2, 0.25) is 5.78 Å². The average molecular weight is 405 g/mol. The quantitative estimate of drug-likeness (QED) is 0.599. The molecule has 0 aliphatic heterocycles. The highest BCUT2D eigenvalue weighted by atomic mass is 32.1. The monoisotopic (exact) mass is 405 g/mol. The first-order chi connectivity index (χ1) is 13.3. The number of halogens is 3. The van der Waals surface area contributed by atoms with Gasteiger partial charge in [-0.2, -0.15) is 0 Å². The van der Waals surface area contributed by atoms with Crippen molar-refractivity contribution in [3.63, 3.8) is 0 Å². The lowest BCUT2D eigenvalue weighted by atomic mass is 10.1. The predicted molar refractivity (Wildman–Crippen MR) is 98.5 cm³/mol. The maximum Gasteiger partial charge on any atom is 0.573 e. The van der Waals surface area contributed by atoms with E-state index in [1.165, 1.54) is 23.5 Å². The van der Waals surface area contributed by atoms with Crippen LogP contribution in [0.3, 0.4) is 0 Å². The summed E-state index contributed by atoms with van der Waals surface area (Å²) in [5.41, 5.74) is 0.785. The van der Waals surface area contributed by atoms with E-state index in [0.29, 0.717) is 10.4 Å². The van der Waals surface area contributed by atoms with Gasteiger partial charge in [-0.15, -0.1) is 24.5 Å². The van der Waals surface area contributed by atoms with Gasteiger partial charge in [-0.1, -0.05) is 30.3 Å². The summed E-state index contributed by atoms with van der Waals surface area (Å²) < 4.78 is 40.2. The summed E-state index contributed by atoms with van der Waals surface area (Å²) in [7, 11) is 0. The molecule has 1 aromatic heterocycles. The number of ketones is 1. The average Bonchev–Trinajstić information content (AvgIpc) is 3.14. The second-order valence-electron chi connectivity index (χ2n) is 5.72. The van der Waals surface area contributed by atoms with Crippen LogP contribution in [0.4, 0.5) is 13.2 Å². The van der Waals surface area contributed by atoms with Gasteiger partial charge in [0.05, 0.1) is 11.4 Å². The van der Waals surface area contributed by atoms with E-state index in [0.717, 1.165) is 17.0 Å². The Labute approximate surface area is 162 Å². The Morgan fingerprint density at radius 3 is 2.21 bits per heavy atom. The summed E-state index contributed by atoms with van der Waals surface area (Å²) >= 11 is 1.27. The predicted octanol–water partition coefficient (Wildman–Crippen LogP) is 4.81. The molecule has 0 bridgehead atoms. The highest BCUT2D eigenvalue weighted by Crippen LogP contribution is 2.23. The summed E-state index contributed by atoms with van der Waals surface area (Å²) in [4.78, 5) is 25.9. The Hall–Kier alpha value is -3.13. The first-order valence-corrected chi connectivity index (χ1v) is 8.96. The van der Waals surface area contributed by atoms with Crippen molar-refractivity contribution in [3.8, 4) is 5.75 Å². The molecule has 0 radical (unpaired) electrons. The number of thiophene rings is 1. The van der Waals surface area contributed by atoms with Crippen LogP contribution in [0.15, 0.2) is 66.7 Å². The molecule has 0 saturated heterocycles.